The van der Waals surface area contributed by atoms with Crippen molar-refractivity contribution in [3.05, 3.63) is 49.8 Å². The van der Waals surface area contributed by atoms with E-state index >= 15 is 0 Å². The van der Waals surface area contributed by atoms with Crippen LogP contribution in [0.4, 0.5) is 0 Å². The average Bonchev–Trinajstić information content (AvgIpc) is 3.05. The lowest BCUT2D eigenvalue weighted by atomic mass is 10.1. The Morgan fingerprint density at radius 3 is 2.58 bits per heavy atom. The van der Waals surface area contributed by atoms with E-state index in [1.54, 1.807) is 24.4 Å². The Balaban J connectivity index is 2.32. The number of hydrogen-bond donors (Lipinski definition) is 2. The second kappa shape index (κ2) is 6.12. The van der Waals surface area contributed by atoms with E-state index in [0.29, 0.717) is 32.1 Å². The van der Waals surface area contributed by atoms with Gasteiger partial charge in [0.05, 0.1) is 26.9 Å². The molecule has 3 rings (SSSR count). The summed E-state index contributed by atoms with van der Waals surface area (Å²) in [5.74, 6) is -1.55. The molecule has 3 aromatic rings. The van der Waals surface area contributed by atoms with Gasteiger partial charge in [-0.05, 0) is 30.7 Å². The van der Waals surface area contributed by atoms with Crippen LogP contribution in [0.1, 0.15) is 21.6 Å². The van der Waals surface area contributed by atoms with Gasteiger partial charge in [0.2, 0.25) is 0 Å². The first-order chi connectivity index (χ1) is 11.3. The molecule has 124 valence electrons. The summed E-state index contributed by atoms with van der Waals surface area (Å²) < 4.78 is 1.88. The van der Waals surface area contributed by atoms with Crippen LogP contribution < -0.4 is 0 Å². The quantitative estimate of drug-likeness (QED) is 0.704. The Bertz CT molecular complexity index is 990. The maximum Gasteiger partial charge on any atom is 0.307 e. The van der Waals surface area contributed by atoms with Crippen LogP contribution in [-0.4, -0.2) is 26.7 Å². The van der Waals surface area contributed by atoms with Crippen LogP contribution in [0.3, 0.4) is 0 Å². The first kappa shape index (κ1) is 16.8. The Hall–Kier alpha value is -2.02. The molecule has 0 bridgehead atoms. The summed E-state index contributed by atoms with van der Waals surface area (Å²) in [7, 11) is 0. The number of thiophene rings is 1. The molecule has 0 radical (unpaired) electrons. The van der Waals surface area contributed by atoms with Crippen LogP contribution in [0, 0.1) is 6.92 Å². The van der Waals surface area contributed by atoms with Crippen LogP contribution >= 0.6 is 34.5 Å². The number of aromatic hydroxyl groups is 1. The minimum absolute atomic E-state index is 0.0294. The molecule has 24 heavy (non-hydrogen) atoms. The van der Waals surface area contributed by atoms with Gasteiger partial charge >= 0.3 is 5.97 Å². The minimum Gasteiger partial charge on any atom is -0.506 e. The summed E-state index contributed by atoms with van der Waals surface area (Å²) in [5, 5.41) is 21.0. The molecular formula is C16H11Cl2NO4S. The van der Waals surface area contributed by atoms with Gasteiger partial charge in [0, 0.05) is 16.5 Å². The number of fused-ring (bicyclic) bond motifs is 1. The maximum atomic E-state index is 12.8. The molecule has 2 heterocycles. The highest BCUT2D eigenvalue weighted by atomic mass is 35.5. The molecule has 0 aliphatic rings. The van der Waals surface area contributed by atoms with Crippen LogP contribution in [0.25, 0.3) is 10.9 Å². The highest BCUT2D eigenvalue weighted by Gasteiger charge is 2.24. The molecule has 0 atom stereocenters. The van der Waals surface area contributed by atoms with Gasteiger partial charge in [-0.2, -0.15) is 0 Å². The number of carboxylic acids is 1. The SMILES string of the molecule is Cc1c(CC(=O)O)c2c(Cl)c(O)ccc2n1C(=O)c1csc(Cl)c1. The zero-order valence-electron chi connectivity index (χ0n) is 12.3. The van der Waals surface area contributed by atoms with Crippen molar-refractivity contribution in [3.63, 3.8) is 0 Å². The van der Waals surface area contributed by atoms with Crippen molar-refractivity contribution >= 4 is 57.3 Å². The van der Waals surface area contributed by atoms with Gasteiger partial charge in [0.15, 0.2) is 0 Å². The van der Waals surface area contributed by atoms with Gasteiger partial charge in [0.1, 0.15) is 5.75 Å². The molecule has 8 heteroatoms. The fourth-order valence-corrected chi connectivity index (χ4v) is 3.83. The van der Waals surface area contributed by atoms with E-state index < -0.39 is 5.97 Å². The van der Waals surface area contributed by atoms with Crippen molar-refractivity contribution in [1.29, 1.82) is 0 Å². The molecule has 2 aromatic heterocycles. The number of carbonyl (C=O) groups excluding carboxylic acids is 1. The molecular weight excluding hydrogens is 373 g/mol. The number of carbonyl (C=O) groups is 2. The van der Waals surface area contributed by atoms with E-state index in [1.807, 2.05) is 0 Å². The number of benzene rings is 1. The number of phenols is 1. The second-order valence-electron chi connectivity index (χ2n) is 5.21. The first-order valence-corrected chi connectivity index (χ1v) is 8.46. The maximum absolute atomic E-state index is 12.8. The molecule has 0 amide bonds. The Labute approximate surface area is 150 Å². The Kier molecular flexibility index (Phi) is 4.29. The number of nitrogens with zero attached hydrogens (tertiary/aromatic N) is 1. The van der Waals surface area contributed by atoms with Crippen LogP contribution in [0.5, 0.6) is 5.75 Å². The molecule has 0 saturated heterocycles. The van der Waals surface area contributed by atoms with Crippen molar-refractivity contribution in [2.75, 3.05) is 0 Å². The van der Waals surface area contributed by atoms with Gasteiger partial charge in [-0.15, -0.1) is 11.3 Å². The van der Waals surface area contributed by atoms with Crippen LogP contribution in [0.2, 0.25) is 9.36 Å². The summed E-state index contributed by atoms with van der Waals surface area (Å²) in [6.45, 7) is 1.65. The Morgan fingerprint density at radius 1 is 1.29 bits per heavy atom. The van der Waals surface area contributed by atoms with E-state index in [9.17, 15) is 14.7 Å². The molecule has 0 unspecified atom stereocenters. The molecule has 0 aliphatic heterocycles. The third-order valence-electron chi connectivity index (χ3n) is 3.76. The normalized spacial score (nSPS) is 11.1. The smallest absolute Gasteiger partial charge is 0.307 e. The predicted molar refractivity (Wildman–Crippen MR) is 93.7 cm³/mol. The molecule has 2 N–H and O–H groups in total. The minimum atomic E-state index is -1.05. The largest absolute Gasteiger partial charge is 0.506 e. The predicted octanol–water partition coefficient (Wildman–Crippen LogP) is 4.34. The van der Waals surface area contributed by atoms with E-state index in [1.165, 1.54) is 22.0 Å². The van der Waals surface area contributed by atoms with Crippen LogP contribution in [-0.2, 0) is 11.2 Å². The molecule has 1 aromatic carbocycles. The van der Waals surface area contributed by atoms with Crippen molar-refractivity contribution in [2.45, 2.75) is 13.3 Å². The fourth-order valence-electron chi connectivity index (χ4n) is 2.71. The summed E-state index contributed by atoms with van der Waals surface area (Å²) >= 11 is 13.3. The standard InChI is InChI=1S/C16H11Cl2NO4S/c1-7-9(5-13(21)22)14-10(2-3-11(20)15(14)18)19(7)16(23)8-4-12(17)24-6-8/h2-4,6,20H,5H2,1H3,(H,21,22). The lowest BCUT2D eigenvalue weighted by Crippen LogP contribution is -2.13. The van der Waals surface area contributed by atoms with Crippen LogP contribution in [0.15, 0.2) is 23.6 Å². The van der Waals surface area contributed by atoms with Gasteiger partial charge < -0.3 is 10.2 Å². The zero-order valence-corrected chi connectivity index (χ0v) is 14.7. The number of aromatic nitrogens is 1. The second-order valence-corrected chi connectivity index (χ2v) is 7.13. The van der Waals surface area contributed by atoms with Crippen molar-refractivity contribution < 1.29 is 19.8 Å². The first-order valence-electron chi connectivity index (χ1n) is 6.83. The number of phenolic OH excluding ortho intramolecular Hbond substituents is 1. The molecule has 0 fully saturated rings. The molecule has 0 aliphatic carbocycles. The molecule has 0 spiro atoms. The van der Waals surface area contributed by atoms with Gasteiger partial charge in [-0.25, -0.2) is 0 Å². The lowest BCUT2D eigenvalue weighted by Gasteiger charge is -2.06. The summed E-state index contributed by atoms with van der Waals surface area (Å²) in [4.78, 5) is 24.0. The van der Waals surface area contributed by atoms with Crippen molar-refractivity contribution in [1.82, 2.24) is 4.57 Å². The van der Waals surface area contributed by atoms with E-state index in [-0.39, 0.29) is 23.1 Å². The third kappa shape index (κ3) is 2.66. The van der Waals surface area contributed by atoms with E-state index in [4.69, 9.17) is 28.3 Å². The van der Waals surface area contributed by atoms with E-state index in [0.717, 1.165) is 0 Å². The monoisotopic (exact) mass is 383 g/mol. The number of rotatable bonds is 3. The van der Waals surface area contributed by atoms with Crippen molar-refractivity contribution in [2.24, 2.45) is 0 Å². The Morgan fingerprint density at radius 2 is 2.00 bits per heavy atom. The zero-order chi connectivity index (χ0) is 17.6. The van der Waals surface area contributed by atoms with Crippen molar-refractivity contribution in [3.8, 4) is 5.75 Å². The lowest BCUT2D eigenvalue weighted by molar-refractivity contribution is -0.136. The topological polar surface area (TPSA) is 79.5 Å². The highest BCUT2D eigenvalue weighted by Crippen LogP contribution is 2.38. The number of aliphatic carboxylic acids is 1. The molecule has 0 saturated carbocycles. The third-order valence-corrected chi connectivity index (χ3v) is 5.23. The van der Waals surface area contributed by atoms with Gasteiger partial charge in [0.25, 0.3) is 5.91 Å². The average molecular weight is 384 g/mol. The number of carboxylic acid groups (broad SMARTS) is 1. The number of halogens is 2. The summed E-state index contributed by atoms with van der Waals surface area (Å²) in [5.41, 5.74) is 1.70. The molecule has 5 nitrogen and oxygen atoms in total. The fraction of sp³-hybridized carbons (Fsp3) is 0.125. The number of hydrogen-bond acceptors (Lipinski definition) is 4. The summed E-state index contributed by atoms with van der Waals surface area (Å²) in [6, 6.07) is 4.47. The highest BCUT2D eigenvalue weighted by molar-refractivity contribution is 7.14. The summed E-state index contributed by atoms with van der Waals surface area (Å²) in [6.07, 6.45) is -0.309. The van der Waals surface area contributed by atoms with Gasteiger partial charge in [-0.1, -0.05) is 23.2 Å². The van der Waals surface area contributed by atoms with Gasteiger partial charge in [-0.3, -0.25) is 14.2 Å². The van der Waals surface area contributed by atoms with E-state index in [2.05, 4.69) is 0 Å².